The average molecular weight is 280 g/mol. The Kier molecular flexibility index (Phi) is 3.85. The van der Waals surface area contributed by atoms with Crippen molar-refractivity contribution in [2.45, 2.75) is 26.3 Å². The van der Waals surface area contributed by atoms with Crippen molar-refractivity contribution in [1.82, 2.24) is 14.5 Å². The largest absolute Gasteiger partial charge is 0.330 e. The van der Waals surface area contributed by atoms with Crippen LogP contribution in [-0.2, 0) is 6.42 Å². The molecule has 0 aromatic carbocycles. The summed E-state index contributed by atoms with van der Waals surface area (Å²) in [6.07, 6.45) is 2.09. The molecule has 0 aliphatic rings. The number of aromatic amines is 1. The van der Waals surface area contributed by atoms with Crippen molar-refractivity contribution in [3.05, 3.63) is 61.6 Å². The highest BCUT2D eigenvalue weighted by atomic mass is 35.5. The molecule has 5 nitrogen and oxygen atoms in total. The molecule has 2 heterocycles. The van der Waals surface area contributed by atoms with Crippen LogP contribution in [0.25, 0.3) is 0 Å². The predicted octanol–water partition coefficient (Wildman–Crippen LogP) is 1.76. The molecule has 1 unspecified atom stereocenters. The van der Waals surface area contributed by atoms with E-state index in [4.69, 9.17) is 11.6 Å². The molecule has 2 rings (SSSR count). The van der Waals surface area contributed by atoms with E-state index in [2.05, 4.69) is 9.97 Å². The van der Waals surface area contributed by atoms with Crippen molar-refractivity contribution in [2.75, 3.05) is 0 Å². The van der Waals surface area contributed by atoms with Gasteiger partial charge in [-0.1, -0.05) is 24.6 Å². The lowest BCUT2D eigenvalue weighted by molar-refractivity contribution is 0.559. The number of nitrogens with one attached hydrogen (secondary N) is 1. The summed E-state index contributed by atoms with van der Waals surface area (Å²) in [5.74, 6) is 0. The summed E-state index contributed by atoms with van der Waals surface area (Å²) >= 11 is 5.87. The third kappa shape index (κ3) is 2.46. The van der Waals surface area contributed by atoms with E-state index in [-0.39, 0.29) is 10.7 Å². The lowest BCUT2D eigenvalue weighted by atomic mass is 10.2. The van der Waals surface area contributed by atoms with Gasteiger partial charge in [0.25, 0.3) is 5.56 Å². The van der Waals surface area contributed by atoms with Gasteiger partial charge in [0.2, 0.25) is 0 Å². The zero-order valence-electron chi connectivity index (χ0n) is 10.7. The summed E-state index contributed by atoms with van der Waals surface area (Å²) in [5, 5.41) is 0.113. The molecule has 0 bridgehead atoms. The predicted molar refractivity (Wildman–Crippen MR) is 73.8 cm³/mol. The zero-order chi connectivity index (χ0) is 14.0. The van der Waals surface area contributed by atoms with Gasteiger partial charge in [0.05, 0.1) is 17.3 Å². The van der Waals surface area contributed by atoms with Crippen LogP contribution in [0, 0.1) is 0 Å². The standard InChI is InChI=1S/C13H14ClN3O2/c1-3-9-11(14)16-13(19)17(12(9)18)8(2)10-6-4-5-7-15-10/h4-8H,3H2,1-2H3,(H,16,19). The van der Waals surface area contributed by atoms with Gasteiger partial charge in [-0.2, -0.15) is 0 Å². The Morgan fingerprint density at radius 1 is 1.42 bits per heavy atom. The van der Waals surface area contributed by atoms with Gasteiger partial charge in [-0.05, 0) is 25.5 Å². The number of halogens is 1. The van der Waals surface area contributed by atoms with Gasteiger partial charge in [0.15, 0.2) is 0 Å². The van der Waals surface area contributed by atoms with Gasteiger partial charge in [-0.3, -0.25) is 19.3 Å². The first kappa shape index (κ1) is 13.5. The first-order chi connectivity index (χ1) is 9.06. The summed E-state index contributed by atoms with van der Waals surface area (Å²) in [6.45, 7) is 3.57. The summed E-state index contributed by atoms with van der Waals surface area (Å²) < 4.78 is 1.15. The highest BCUT2D eigenvalue weighted by Crippen LogP contribution is 2.13. The summed E-state index contributed by atoms with van der Waals surface area (Å²) in [4.78, 5) is 30.9. The van der Waals surface area contributed by atoms with Crippen LogP contribution in [-0.4, -0.2) is 14.5 Å². The summed E-state index contributed by atoms with van der Waals surface area (Å²) in [5.41, 5.74) is 0.170. The number of rotatable bonds is 3. The van der Waals surface area contributed by atoms with Gasteiger partial charge >= 0.3 is 5.69 Å². The molecule has 2 aromatic heterocycles. The van der Waals surface area contributed by atoms with Crippen LogP contribution in [0.4, 0.5) is 0 Å². The molecule has 100 valence electrons. The molecule has 0 amide bonds. The maximum absolute atomic E-state index is 12.3. The number of hydrogen-bond donors (Lipinski definition) is 1. The minimum absolute atomic E-state index is 0.113. The van der Waals surface area contributed by atoms with Crippen molar-refractivity contribution in [1.29, 1.82) is 0 Å². The maximum atomic E-state index is 12.3. The minimum atomic E-state index is -0.523. The number of hydrogen-bond acceptors (Lipinski definition) is 3. The summed E-state index contributed by atoms with van der Waals surface area (Å²) in [6, 6.07) is 4.92. The quantitative estimate of drug-likeness (QED) is 0.871. The highest BCUT2D eigenvalue weighted by Gasteiger charge is 2.17. The smallest absolute Gasteiger partial charge is 0.297 e. The van der Waals surface area contributed by atoms with Gasteiger partial charge < -0.3 is 0 Å². The Bertz CT molecular complexity index is 691. The van der Waals surface area contributed by atoms with Crippen molar-refractivity contribution in [2.24, 2.45) is 0 Å². The number of pyridine rings is 1. The second-order valence-corrected chi connectivity index (χ2v) is 4.56. The van der Waals surface area contributed by atoms with Crippen LogP contribution >= 0.6 is 11.6 Å². The molecule has 19 heavy (non-hydrogen) atoms. The molecule has 0 saturated heterocycles. The molecule has 0 fully saturated rings. The lowest BCUT2D eigenvalue weighted by Gasteiger charge is -2.14. The number of H-pyrrole nitrogens is 1. The third-order valence-corrected chi connectivity index (χ3v) is 3.36. The fraction of sp³-hybridized carbons (Fsp3) is 0.308. The molecule has 2 aromatic rings. The van der Waals surface area contributed by atoms with Gasteiger partial charge in [0, 0.05) is 6.20 Å². The van der Waals surface area contributed by atoms with Crippen LogP contribution in [0.5, 0.6) is 0 Å². The fourth-order valence-electron chi connectivity index (χ4n) is 1.97. The van der Waals surface area contributed by atoms with Crippen molar-refractivity contribution >= 4 is 11.6 Å². The molecule has 0 saturated carbocycles. The first-order valence-corrected chi connectivity index (χ1v) is 6.38. The monoisotopic (exact) mass is 279 g/mol. The molecular formula is C13H14ClN3O2. The molecule has 6 heteroatoms. The SMILES string of the molecule is CCc1c(Cl)[nH]c(=O)n(C(C)c2ccccn2)c1=O. The normalized spacial score (nSPS) is 12.4. The van der Waals surface area contributed by atoms with Crippen molar-refractivity contribution in [3.8, 4) is 0 Å². The van der Waals surface area contributed by atoms with Crippen LogP contribution in [0.2, 0.25) is 5.15 Å². The van der Waals surface area contributed by atoms with E-state index in [0.29, 0.717) is 17.7 Å². The zero-order valence-corrected chi connectivity index (χ0v) is 11.4. The Hall–Kier alpha value is -1.88. The molecule has 1 atom stereocenters. The average Bonchev–Trinajstić information content (AvgIpc) is 2.39. The summed E-state index contributed by atoms with van der Waals surface area (Å²) in [7, 11) is 0. The highest BCUT2D eigenvalue weighted by molar-refractivity contribution is 6.30. The molecule has 0 spiro atoms. The number of nitrogens with zero attached hydrogens (tertiary/aromatic N) is 2. The van der Waals surface area contributed by atoms with Crippen LogP contribution in [0.3, 0.4) is 0 Å². The van der Waals surface area contributed by atoms with Gasteiger partial charge in [-0.25, -0.2) is 4.79 Å². The van der Waals surface area contributed by atoms with E-state index in [1.165, 1.54) is 0 Å². The van der Waals surface area contributed by atoms with E-state index >= 15 is 0 Å². The van der Waals surface area contributed by atoms with E-state index in [1.54, 1.807) is 25.3 Å². The van der Waals surface area contributed by atoms with Gasteiger partial charge in [-0.15, -0.1) is 0 Å². The van der Waals surface area contributed by atoms with E-state index < -0.39 is 11.7 Å². The van der Waals surface area contributed by atoms with Crippen LogP contribution < -0.4 is 11.2 Å². The molecule has 1 N–H and O–H groups in total. The lowest BCUT2D eigenvalue weighted by Crippen LogP contribution is -2.39. The van der Waals surface area contributed by atoms with Gasteiger partial charge in [0.1, 0.15) is 5.15 Å². The molecular weight excluding hydrogens is 266 g/mol. The number of aromatic nitrogens is 3. The molecule has 0 aliphatic heterocycles. The van der Waals surface area contributed by atoms with Crippen LogP contribution in [0.15, 0.2) is 34.0 Å². The minimum Gasteiger partial charge on any atom is -0.297 e. The van der Waals surface area contributed by atoms with Crippen LogP contribution in [0.1, 0.15) is 31.1 Å². The van der Waals surface area contributed by atoms with E-state index in [0.717, 1.165) is 4.57 Å². The van der Waals surface area contributed by atoms with Crippen molar-refractivity contribution in [3.63, 3.8) is 0 Å². The molecule has 0 aliphatic carbocycles. The second-order valence-electron chi connectivity index (χ2n) is 4.18. The first-order valence-electron chi connectivity index (χ1n) is 6.00. The third-order valence-electron chi connectivity index (χ3n) is 3.03. The van der Waals surface area contributed by atoms with Crippen molar-refractivity contribution < 1.29 is 0 Å². The van der Waals surface area contributed by atoms with E-state index in [9.17, 15) is 9.59 Å². The Morgan fingerprint density at radius 2 is 2.16 bits per heavy atom. The Morgan fingerprint density at radius 3 is 2.74 bits per heavy atom. The van der Waals surface area contributed by atoms with E-state index in [1.807, 2.05) is 13.0 Å². The topological polar surface area (TPSA) is 67.8 Å². The molecule has 0 radical (unpaired) electrons. The Balaban J connectivity index is 2.64. The fourth-order valence-corrected chi connectivity index (χ4v) is 2.27. The maximum Gasteiger partial charge on any atom is 0.330 e. The Labute approximate surface area is 114 Å². The second kappa shape index (κ2) is 5.40.